The van der Waals surface area contributed by atoms with E-state index in [1.54, 1.807) is 0 Å². The number of allylic oxidation sites excluding steroid dienone is 2. The van der Waals surface area contributed by atoms with Crippen molar-refractivity contribution in [1.29, 1.82) is 0 Å². The molecule has 1 N–H and O–H groups in total. The Labute approximate surface area is 180 Å². The van der Waals surface area contributed by atoms with Crippen LogP contribution in [0.1, 0.15) is 63.4 Å². The molecule has 1 aromatic carbocycles. The highest BCUT2D eigenvalue weighted by molar-refractivity contribution is 5.86. The lowest BCUT2D eigenvalue weighted by atomic mass is 10.0. The molecular formula is C26H36N2O2. The summed E-state index contributed by atoms with van der Waals surface area (Å²) in [5.74, 6) is 1.68. The normalized spacial score (nSPS) is 18.5. The van der Waals surface area contributed by atoms with Crippen molar-refractivity contribution in [3.8, 4) is 5.75 Å². The molecule has 30 heavy (non-hydrogen) atoms. The molecular weight excluding hydrogens is 372 g/mol. The Hall–Kier alpha value is -2.07. The van der Waals surface area contributed by atoms with Gasteiger partial charge < -0.3 is 9.72 Å². The average molecular weight is 409 g/mol. The summed E-state index contributed by atoms with van der Waals surface area (Å²) < 4.78 is 6.28. The fourth-order valence-corrected chi connectivity index (χ4v) is 5.01. The zero-order chi connectivity index (χ0) is 20.6. The molecule has 0 unspecified atom stereocenters. The zero-order valence-electron chi connectivity index (χ0n) is 18.2. The summed E-state index contributed by atoms with van der Waals surface area (Å²) in [5.41, 5.74) is 1.58. The first-order valence-corrected chi connectivity index (χ1v) is 12.0. The molecule has 1 aromatic heterocycles. The summed E-state index contributed by atoms with van der Waals surface area (Å²) in [4.78, 5) is 18.3. The lowest BCUT2D eigenvalue weighted by Gasteiger charge is -2.26. The number of hydrogen-bond acceptors (Lipinski definition) is 3. The predicted molar refractivity (Wildman–Crippen MR) is 124 cm³/mol. The first-order valence-electron chi connectivity index (χ1n) is 12.0. The predicted octanol–water partition coefficient (Wildman–Crippen LogP) is 5.46. The highest BCUT2D eigenvalue weighted by Gasteiger charge is 2.15. The molecule has 0 bridgehead atoms. The van der Waals surface area contributed by atoms with Crippen molar-refractivity contribution in [3.63, 3.8) is 0 Å². The number of H-pyrrole nitrogens is 1. The summed E-state index contributed by atoms with van der Waals surface area (Å²) in [6, 6.07) is 7.97. The molecule has 1 aliphatic carbocycles. The Morgan fingerprint density at radius 2 is 1.83 bits per heavy atom. The van der Waals surface area contributed by atoms with Gasteiger partial charge in [0.15, 0.2) is 0 Å². The van der Waals surface area contributed by atoms with E-state index in [9.17, 15) is 4.79 Å². The number of piperidine rings is 1. The van der Waals surface area contributed by atoms with E-state index in [-0.39, 0.29) is 5.56 Å². The fourth-order valence-electron chi connectivity index (χ4n) is 5.01. The van der Waals surface area contributed by atoms with Crippen LogP contribution < -0.4 is 10.3 Å². The van der Waals surface area contributed by atoms with Crippen molar-refractivity contribution in [2.75, 3.05) is 26.2 Å². The molecule has 1 saturated carbocycles. The van der Waals surface area contributed by atoms with Gasteiger partial charge in [0.1, 0.15) is 12.4 Å². The number of nitrogens with zero attached hydrogens (tertiary/aromatic N) is 1. The van der Waals surface area contributed by atoms with Crippen molar-refractivity contribution < 1.29 is 4.74 Å². The van der Waals surface area contributed by atoms with E-state index in [1.807, 2.05) is 18.2 Å². The van der Waals surface area contributed by atoms with Crippen LogP contribution in [0.15, 0.2) is 41.2 Å². The van der Waals surface area contributed by atoms with Crippen LogP contribution in [-0.2, 0) is 6.42 Å². The Morgan fingerprint density at radius 1 is 1.03 bits per heavy atom. The number of pyridine rings is 1. The minimum atomic E-state index is -0.0258. The van der Waals surface area contributed by atoms with E-state index in [2.05, 4.69) is 28.1 Å². The van der Waals surface area contributed by atoms with E-state index in [0.717, 1.165) is 54.2 Å². The fraction of sp³-hybridized carbons (Fsp3) is 0.577. The van der Waals surface area contributed by atoms with Crippen LogP contribution in [0.4, 0.5) is 0 Å². The number of ether oxygens (including phenoxy) is 1. The molecule has 1 saturated heterocycles. The van der Waals surface area contributed by atoms with Gasteiger partial charge in [0.25, 0.3) is 5.56 Å². The number of aromatic nitrogens is 1. The number of fused-ring (bicyclic) bond motifs is 1. The second kappa shape index (κ2) is 10.8. The Kier molecular flexibility index (Phi) is 7.63. The molecule has 4 rings (SSSR count). The number of rotatable bonds is 9. The number of hydrogen-bond donors (Lipinski definition) is 1. The maximum atomic E-state index is 12.8. The van der Waals surface area contributed by atoms with Gasteiger partial charge in [-0.05, 0) is 63.2 Å². The highest BCUT2D eigenvalue weighted by Crippen LogP contribution is 2.29. The Bertz CT molecular complexity index is 890. The molecule has 0 radical (unpaired) electrons. The topological polar surface area (TPSA) is 45.3 Å². The van der Waals surface area contributed by atoms with Gasteiger partial charge in [-0.25, -0.2) is 0 Å². The number of aromatic amines is 1. The van der Waals surface area contributed by atoms with Crippen LogP contribution in [0, 0.1) is 5.92 Å². The van der Waals surface area contributed by atoms with Crippen LogP contribution in [0.25, 0.3) is 10.9 Å². The van der Waals surface area contributed by atoms with Gasteiger partial charge in [-0.3, -0.25) is 9.69 Å². The second-order valence-corrected chi connectivity index (χ2v) is 8.96. The standard InChI is InChI=1S/C26H36N2O2/c29-26-23(15-4-1-3-11-21-12-5-6-13-21)25(22-14-7-8-16-24(22)27-26)30-20-19-28-17-9-2-10-18-28/h1,4,7-8,14,16,21H,2-3,5-6,9-13,15,17-20H2,(H,27,29)/b4-1+. The Balaban J connectivity index is 1.43. The van der Waals surface area contributed by atoms with Gasteiger partial charge in [0, 0.05) is 11.9 Å². The number of likely N-dealkylation sites (tertiary alicyclic amines) is 1. The van der Waals surface area contributed by atoms with Crippen LogP contribution >= 0.6 is 0 Å². The molecule has 4 nitrogen and oxygen atoms in total. The summed E-state index contributed by atoms with van der Waals surface area (Å²) in [6.45, 7) is 3.88. The van der Waals surface area contributed by atoms with E-state index < -0.39 is 0 Å². The van der Waals surface area contributed by atoms with Crippen molar-refractivity contribution >= 4 is 10.9 Å². The van der Waals surface area contributed by atoms with Crippen molar-refractivity contribution in [2.45, 2.75) is 64.2 Å². The summed E-state index contributed by atoms with van der Waals surface area (Å²) in [5, 5.41) is 1.00. The molecule has 4 heteroatoms. The van der Waals surface area contributed by atoms with E-state index in [4.69, 9.17) is 4.74 Å². The summed E-state index contributed by atoms with van der Waals surface area (Å²) in [7, 11) is 0. The van der Waals surface area contributed by atoms with E-state index in [1.165, 1.54) is 51.4 Å². The second-order valence-electron chi connectivity index (χ2n) is 8.96. The van der Waals surface area contributed by atoms with E-state index in [0.29, 0.717) is 13.0 Å². The number of benzene rings is 1. The van der Waals surface area contributed by atoms with Gasteiger partial charge in [0.05, 0.1) is 11.1 Å². The maximum absolute atomic E-state index is 12.8. The molecule has 0 spiro atoms. The van der Waals surface area contributed by atoms with Crippen LogP contribution in [0.5, 0.6) is 5.75 Å². The number of nitrogens with one attached hydrogen (secondary N) is 1. The lowest BCUT2D eigenvalue weighted by molar-refractivity contribution is 0.183. The van der Waals surface area contributed by atoms with Gasteiger partial charge in [0.2, 0.25) is 0 Å². The molecule has 162 valence electrons. The van der Waals surface area contributed by atoms with Crippen LogP contribution in [0.3, 0.4) is 0 Å². The molecule has 2 heterocycles. The largest absolute Gasteiger partial charge is 0.491 e. The van der Waals surface area contributed by atoms with Gasteiger partial charge >= 0.3 is 0 Å². The van der Waals surface area contributed by atoms with E-state index >= 15 is 0 Å². The van der Waals surface area contributed by atoms with Crippen LogP contribution in [-0.4, -0.2) is 36.1 Å². The first-order chi connectivity index (χ1) is 14.8. The minimum Gasteiger partial charge on any atom is -0.491 e. The maximum Gasteiger partial charge on any atom is 0.255 e. The molecule has 1 aliphatic heterocycles. The zero-order valence-corrected chi connectivity index (χ0v) is 18.2. The monoisotopic (exact) mass is 408 g/mol. The summed E-state index contributed by atoms with van der Waals surface area (Å²) in [6.07, 6.45) is 16.9. The minimum absolute atomic E-state index is 0.0258. The highest BCUT2D eigenvalue weighted by atomic mass is 16.5. The molecule has 0 atom stereocenters. The molecule has 2 aromatic rings. The smallest absolute Gasteiger partial charge is 0.255 e. The molecule has 2 aliphatic rings. The lowest BCUT2D eigenvalue weighted by Crippen LogP contribution is -2.33. The first kappa shape index (κ1) is 21.2. The third-order valence-corrected chi connectivity index (χ3v) is 6.78. The quantitative estimate of drug-likeness (QED) is 0.560. The van der Waals surface area contributed by atoms with Crippen LogP contribution in [0.2, 0.25) is 0 Å². The van der Waals surface area contributed by atoms with Crippen molar-refractivity contribution in [1.82, 2.24) is 9.88 Å². The van der Waals surface area contributed by atoms with Crippen molar-refractivity contribution in [2.24, 2.45) is 5.92 Å². The average Bonchev–Trinajstić information content (AvgIpc) is 3.29. The molecule has 0 amide bonds. The summed E-state index contributed by atoms with van der Waals surface area (Å²) >= 11 is 0. The van der Waals surface area contributed by atoms with Crippen molar-refractivity contribution in [3.05, 3.63) is 52.3 Å². The number of para-hydroxylation sites is 1. The third kappa shape index (κ3) is 5.54. The SMILES string of the molecule is O=c1[nH]c2ccccc2c(OCCN2CCCCC2)c1C/C=C/CCC1CCCC1. The Morgan fingerprint density at radius 3 is 2.67 bits per heavy atom. The molecule has 2 fully saturated rings. The van der Waals surface area contributed by atoms with Gasteiger partial charge in [-0.1, -0.05) is 56.4 Å². The third-order valence-electron chi connectivity index (χ3n) is 6.78. The van der Waals surface area contributed by atoms with Gasteiger partial charge in [-0.15, -0.1) is 0 Å². The van der Waals surface area contributed by atoms with Gasteiger partial charge in [-0.2, -0.15) is 0 Å².